The minimum absolute atomic E-state index is 0.120. The Kier molecular flexibility index (Phi) is 4.07. The van der Waals surface area contributed by atoms with Gasteiger partial charge < -0.3 is 10.4 Å². The maximum atomic E-state index is 13.9. The molecule has 0 aromatic heterocycles. The van der Waals surface area contributed by atoms with E-state index >= 15 is 0 Å². The Balaban J connectivity index is 2.20. The molecule has 5 nitrogen and oxygen atoms in total. The van der Waals surface area contributed by atoms with Crippen molar-refractivity contribution in [3.05, 3.63) is 24.0 Å². The Morgan fingerprint density at radius 2 is 2.11 bits per heavy atom. The number of sulfonamides is 1. The molecule has 1 aromatic carbocycles. The van der Waals surface area contributed by atoms with Crippen LogP contribution in [-0.4, -0.2) is 32.7 Å². The summed E-state index contributed by atoms with van der Waals surface area (Å²) in [6, 6.07) is 3.50. The Bertz CT molecular complexity index is 562. The molecule has 0 heterocycles. The lowest BCUT2D eigenvalue weighted by molar-refractivity contribution is 0.171. The first-order valence-corrected chi connectivity index (χ1v) is 7.60. The molecule has 1 saturated carbocycles. The SMILES string of the molecule is CNS(=O)(=O)c1ccc(NC2CCCC2O)c(F)c1. The van der Waals surface area contributed by atoms with E-state index in [0.29, 0.717) is 6.42 Å². The molecule has 2 unspecified atom stereocenters. The second-order valence-corrected chi connectivity index (χ2v) is 6.48. The van der Waals surface area contributed by atoms with Gasteiger partial charge in [0.25, 0.3) is 0 Å². The summed E-state index contributed by atoms with van der Waals surface area (Å²) < 4.78 is 39.0. The number of rotatable bonds is 4. The maximum Gasteiger partial charge on any atom is 0.240 e. The molecule has 1 aliphatic carbocycles. The van der Waals surface area contributed by atoms with Gasteiger partial charge in [0.1, 0.15) is 5.82 Å². The largest absolute Gasteiger partial charge is 0.391 e. The van der Waals surface area contributed by atoms with E-state index in [1.54, 1.807) is 0 Å². The van der Waals surface area contributed by atoms with E-state index < -0.39 is 21.9 Å². The zero-order chi connectivity index (χ0) is 14.0. The third-order valence-corrected chi connectivity index (χ3v) is 4.75. The van der Waals surface area contributed by atoms with Crippen molar-refractivity contribution in [3.63, 3.8) is 0 Å². The van der Waals surface area contributed by atoms with Crippen LogP contribution in [0.4, 0.5) is 10.1 Å². The Morgan fingerprint density at radius 1 is 1.37 bits per heavy atom. The molecule has 0 bridgehead atoms. The molecule has 0 saturated heterocycles. The van der Waals surface area contributed by atoms with Crippen LogP contribution < -0.4 is 10.0 Å². The highest BCUT2D eigenvalue weighted by molar-refractivity contribution is 7.89. The summed E-state index contributed by atoms with van der Waals surface area (Å²) in [5.41, 5.74) is 0.209. The number of hydrogen-bond donors (Lipinski definition) is 3. The van der Waals surface area contributed by atoms with Crippen LogP contribution in [0.3, 0.4) is 0 Å². The van der Waals surface area contributed by atoms with E-state index in [4.69, 9.17) is 0 Å². The molecule has 19 heavy (non-hydrogen) atoms. The summed E-state index contributed by atoms with van der Waals surface area (Å²) in [4.78, 5) is -0.120. The summed E-state index contributed by atoms with van der Waals surface area (Å²) in [5, 5.41) is 12.6. The molecule has 7 heteroatoms. The van der Waals surface area contributed by atoms with Crippen LogP contribution in [0.1, 0.15) is 19.3 Å². The number of aliphatic hydroxyl groups excluding tert-OH is 1. The van der Waals surface area contributed by atoms with Gasteiger partial charge in [-0.25, -0.2) is 17.5 Å². The molecule has 0 radical (unpaired) electrons. The number of hydrogen-bond acceptors (Lipinski definition) is 4. The van der Waals surface area contributed by atoms with Gasteiger partial charge in [-0.3, -0.25) is 0 Å². The van der Waals surface area contributed by atoms with Gasteiger partial charge in [0, 0.05) is 0 Å². The second-order valence-electron chi connectivity index (χ2n) is 4.60. The standard InChI is InChI=1S/C12H17FN2O3S/c1-14-19(17,18)8-5-6-10(9(13)7-8)15-11-3-2-4-12(11)16/h5-7,11-12,14-16H,2-4H2,1H3. The third-order valence-electron chi connectivity index (χ3n) is 3.34. The van der Waals surface area contributed by atoms with E-state index in [9.17, 15) is 17.9 Å². The molecule has 0 aliphatic heterocycles. The number of nitrogens with one attached hydrogen (secondary N) is 2. The molecule has 0 spiro atoms. The molecule has 106 valence electrons. The first-order valence-electron chi connectivity index (χ1n) is 6.12. The topological polar surface area (TPSA) is 78.4 Å². The third kappa shape index (κ3) is 3.05. The van der Waals surface area contributed by atoms with Crippen molar-refractivity contribution < 1.29 is 17.9 Å². The lowest BCUT2D eigenvalue weighted by atomic mass is 10.2. The molecule has 1 aliphatic rings. The molecule has 2 atom stereocenters. The summed E-state index contributed by atoms with van der Waals surface area (Å²) in [5.74, 6) is -0.643. The zero-order valence-electron chi connectivity index (χ0n) is 10.6. The molecular formula is C12H17FN2O3S. The van der Waals surface area contributed by atoms with Crippen molar-refractivity contribution in [2.45, 2.75) is 36.3 Å². The van der Waals surface area contributed by atoms with E-state index in [-0.39, 0.29) is 16.6 Å². The number of aliphatic hydroxyl groups is 1. The maximum absolute atomic E-state index is 13.9. The van der Waals surface area contributed by atoms with Gasteiger partial charge in [0.15, 0.2) is 0 Å². The monoisotopic (exact) mass is 288 g/mol. The van der Waals surface area contributed by atoms with Gasteiger partial charge in [-0.2, -0.15) is 0 Å². The summed E-state index contributed by atoms with van der Waals surface area (Å²) in [6.45, 7) is 0. The van der Waals surface area contributed by atoms with Gasteiger partial charge in [-0.1, -0.05) is 0 Å². The van der Waals surface area contributed by atoms with Crippen molar-refractivity contribution in [3.8, 4) is 0 Å². The highest BCUT2D eigenvalue weighted by Crippen LogP contribution is 2.25. The second kappa shape index (κ2) is 5.44. The average molecular weight is 288 g/mol. The van der Waals surface area contributed by atoms with Crippen molar-refractivity contribution in [2.24, 2.45) is 0 Å². The summed E-state index contributed by atoms with van der Waals surface area (Å²) in [6.07, 6.45) is 1.88. The summed E-state index contributed by atoms with van der Waals surface area (Å²) >= 11 is 0. The van der Waals surface area contributed by atoms with E-state index in [1.165, 1.54) is 19.2 Å². The fraction of sp³-hybridized carbons (Fsp3) is 0.500. The van der Waals surface area contributed by atoms with Gasteiger partial charge >= 0.3 is 0 Å². The quantitative estimate of drug-likeness (QED) is 0.774. The first kappa shape index (κ1) is 14.2. The molecule has 0 amide bonds. The van der Waals surface area contributed by atoms with Crippen molar-refractivity contribution in [2.75, 3.05) is 12.4 Å². The van der Waals surface area contributed by atoms with Gasteiger partial charge in [0.2, 0.25) is 10.0 Å². The highest BCUT2D eigenvalue weighted by Gasteiger charge is 2.26. The van der Waals surface area contributed by atoms with E-state index in [1.807, 2.05) is 0 Å². The van der Waals surface area contributed by atoms with Gasteiger partial charge in [0.05, 0.1) is 22.7 Å². The fourth-order valence-corrected chi connectivity index (χ4v) is 2.95. The van der Waals surface area contributed by atoms with Crippen LogP contribution in [-0.2, 0) is 10.0 Å². The minimum Gasteiger partial charge on any atom is -0.391 e. The average Bonchev–Trinajstić information content (AvgIpc) is 2.77. The van der Waals surface area contributed by atoms with E-state index in [0.717, 1.165) is 18.9 Å². The normalized spacial score (nSPS) is 23.5. The lowest BCUT2D eigenvalue weighted by Crippen LogP contribution is -2.28. The molecular weight excluding hydrogens is 271 g/mol. The number of benzene rings is 1. The Hall–Kier alpha value is -1.18. The molecule has 1 aromatic rings. The lowest BCUT2D eigenvalue weighted by Gasteiger charge is -2.18. The first-order chi connectivity index (χ1) is 8.94. The van der Waals surface area contributed by atoms with Crippen LogP contribution >= 0.6 is 0 Å². The zero-order valence-corrected chi connectivity index (χ0v) is 11.4. The van der Waals surface area contributed by atoms with Crippen LogP contribution in [0.15, 0.2) is 23.1 Å². The Labute approximate surface area is 111 Å². The molecule has 2 rings (SSSR count). The Morgan fingerprint density at radius 3 is 2.63 bits per heavy atom. The predicted octanol–water partition coefficient (Wildman–Crippen LogP) is 1.06. The van der Waals surface area contributed by atoms with Gasteiger partial charge in [-0.05, 0) is 44.5 Å². The van der Waals surface area contributed by atoms with Crippen molar-refractivity contribution >= 4 is 15.7 Å². The van der Waals surface area contributed by atoms with Gasteiger partial charge in [-0.15, -0.1) is 0 Å². The van der Waals surface area contributed by atoms with Crippen LogP contribution in [0.5, 0.6) is 0 Å². The summed E-state index contributed by atoms with van der Waals surface area (Å²) in [7, 11) is -2.37. The highest BCUT2D eigenvalue weighted by atomic mass is 32.2. The van der Waals surface area contributed by atoms with Crippen LogP contribution in [0.25, 0.3) is 0 Å². The van der Waals surface area contributed by atoms with Crippen LogP contribution in [0.2, 0.25) is 0 Å². The van der Waals surface area contributed by atoms with Crippen molar-refractivity contribution in [1.82, 2.24) is 4.72 Å². The minimum atomic E-state index is -3.64. The van der Waals surface area contributed by atoms with Crippen LogP contribution in [0, 0.1) is 5.82 Å². The predicted molar refractivity (Wildman–Crippen MR) is 69.9 cm³/mol. The van der Waals surface area contributed by atoms with E-state index in [2.05, 4.69) is 10.0 Å². The van der Waals surface area contributed by atoms with Crippen molar-refractivity contribution in [1.29, 1.82) is 0 Å². The molecule has 3 N–H and O–H groups in total. The number of halogens is 1. The number of anilines is 1. The fourth-order valence-electron chi connectivity index (χ4n) is 2.21. The molecule has 1 fully saturated rings. The smallest absolute Gasteiger partial charge is 0.240 e.